The van der Waals surface area contributed by atoms with Crippen molar-refractivity contribution in [2.75, 3.05) is 0 Å². The van der Waals surface area contributed by atoms with E-state index in [0.29, 0.717) is 5.56 Å². The first-order valence-electron chi connectivity index (χ1n) is 5.13. The quantitative estimate of drug-likeness (QED) is 0.420. The second-order valence-corrected chi connectivity index (χ2v) is 5.97. The molecular formula is C13H6Br2ClF3. The fraction of sp³-hybridized carbons (Fsp3) is 0.0769. The van der Waals surface area contributed by atoms with E-state index < -0.39 is 22.8 Å². The molecule has 0 heterocycles. The van der Waals surface area contributed by atoms with Gasteiger partial charge in [0.05, 0.1) is 14.3 Å². The summed E-state index contributed by atoms with van der Waals surface area (Å²) < 4.78 is 40.9. The second-order valence-electron chi connectivity index (χ2n) is 3.82. The molecule has 0 aliphatic heterocycles. The van der Waals surface area contributed by atoms with E-state index in [-0.39, 0.29) is 14.5 Å². The monoisotopic (exact) mass is 412 g/mol. The maximum Gasteiger partial charge on any atom is 0.137 e. The normalized spacial score (nSPS) is 12.5. The highest BCUT2D eigenvalue weighted by molar-refractivity contribution is 9.10. The van der Waals surface area contributed by atoms with Crippen LogP contribution in [0.25, 0.3) is 0 Å². The lowest BCUT2D eigenvalue weighted by atomic mass is 10.0. The molecule has 0 spiro atoms. The SMILES string of the molecule is Fc1cc(C(Cl)c2cc(F)c(Br)cc2F)ccc1Br. The van der Waals surface area contributed by atoms with Gasteiger partial charge < -0.3 is 0 Å². The molecule has 0 radical (unpaired) electrons. The lowest BCUT2D eigenvalue weighted by Gasteiger charge is -2.12. The predicted octanol–water partition coefficient (Wildman–Crippen LogP) is 5.96. The first-order chi connectivity index (χ1) is 8.90. The zero-order valence-corrected chi connectivity index (χ0v) is 13.2. The van der Waals surface area contributed by atoms with E-state index in [9.17, 15) is 13.2 Å². The van der Waals surface area contributed by atoms with E-state index in [1.807, 2.05) is 0 Å². The van der Waals surface area contributed by atoms with Crippen molar-refractivity contribution in [2.24, 2.45) is 0 Å². The van der Waals surface area contributed by atoms with E-state index in [2.05, 4.69) is 31.9 Å². The minimum absolute atomic E-state index is 0.0135. The average Bonchev–Trinajstić information content (AvgIpc) is 2.36. The molecule has 6 heteroatoms. The molecule has 100 valence electrons. The van der Waals surface area contributed by atoms with Crippen molar-refractivity contribution >= 4 is 43.5 Å². The summed E-state index contributed by atoms with van der Waals surface area (Å²) in [5.74, 6) is -1.79. The number of rotatable bonds is 2. The Morgan fingerprint density at radius 1 is 0.842 bits per heavy atom. The third-order valence-corrected chi connectivity index (χ3v) is 4.29. The molecule has 0 aromatic heterocycles. The highest BCUT2D eigenvalue weighted by Gasteiger charge is 2.19. The van der Waals surface area contributed by atoms with Crippen molar-refractivity contribution < 1.29 is 13.2 Å². The van der Waals surface area contributed by atoms with Crippen molar-refractivity contribution in [1.29, 1.82) is 0 Å². The van der Waals surface area contributed by atoms with Gasteiger partial charge in [-0.15, -0.1) is 11.6 Å². The van der Waals surface area contributed by atoms with Gasteiger partial charge in [-0.3, -0.25) is 0 Å². The molecule has 2 aromatic rings. The highest BCUT2D eigenvalue weighted by Crippen LogP contribution is 2.34. The van der Waals surface area contributed by atoms with Crippen LogP contribution in [0, 0.1) is 17.5 Å². The van der Waals surface area contributed by atoms with E-state index in [4.69, 9.17) is 11.6 Å². The van der Waals surface area contributed by atoms with Crippen molar-refractivity contribution in [1.82, 2.24) is 0 Å². The molecule has 0 nitrogen and oxygen atoms in total. The molecule has 0 bridgehead atoms. The summed E-state index contributed by atoms with van der Waals surface area (Å²) in [5.41, 5.74) is 0.312. The molecule has 0 N–H and O–H groups in total. The van der Waals surface area contributed by atoms with Crippen LogP contribution in [0.15, 0.2) is 39.3 Å². The molecule has 0 aliphatic carbocycles. The van der Waals surface area contributed by atoms with Gasteiger partial charge in [-0.05, 0) is 61.7 Å². The summed E-state index contributed by atoms with van der Waals surface area (Å²) in [6, 6.07) is 6.19. The van der Waals surface area contributed by atoms with Gasteiger partial charge in [0.2, 0.25) is 0 Å². The number of hydrogen-bond acceptors (Lipinski definition) is 0. The molecule has 1 atom stereocenters. The molecule has 0 saturated heterocycles. The van der Waals surface area contributed by atoms with Crippen LogP contribution in [0.4, 0.5) is 13.2 Å². The number of benzene rings is 2. The van der Waals surface area contributed by atoms with E-state index in [0.717, 1.165) is 12.1 Å². The molecule has 0 amide bonds. The Morgan fingerprint density at radius 2 is 1.47 bits per heavy atom. The van der Waals surface area contributed by atoms with Gasteiger partial charge in [0.25, 0.3) is 0 Å². The Kier molecular flexibility index (Phi) is 4.58. The predicted molar refractivity (Wildman–Crippen MR) is 75.9 cm³/mol. The Bertz CT molecular complexity index is 632. The molecule has 1 unspecified atom stereocenters. The largest absolute Gasteiger partial charge is 0.207 e. The lowest BCUT2D eigenvalue weighted by Crippen LogP contribution is -1.99. The Hall–Kier alpha value is -0.520. The molecular weight excluding hydrogens is 408 g/mol. The Labute approximate surface area is 129 Å². The minimum Gasteiger partial charge on any atom is -0.207 e. The minimum atomic E-state index is -0.967. The maximum absolute atomic E-state index is 13.8. The topological polar surface area (TPSA) is 0 Å². The summed E-state index contributed by atoms with van der Waals surface area (Å²) >= 11 is 12.0. The van der Waals surface area contributed by atoms with Crippen LogP contribution in [0.3, 0.4) is 0 Å². The standard InChI is InChI=1S/C13H6Br2ClF3/c14-8-2-1-6(3-11(8)18)13(16)7-4-12(19)9(15)5-10(7)17/h1-5,13H. The molecule has 0 aliphatic rings. The van der Waals surface area contributed by atoms with Gasteiger partial charge in [-0.1, -0.05) is 6.07 Å². The molecule has 0 fully saturated rings. The van der Waals surface area contributed by atoms with Crippen molar-refractivity contribution in [3.8, 4) is 0 Å². The Morgan fingerprint density at radius 3 is 2.11 bits per heavy atom. The van der Waals surface area contributed by atoms with E-state index in [1.54, 1.807) is 6.07 Å². The average molecular weight is 414 g/mol. The summed E-state index contributed by atoms with van der Waals surface area (Å²) in [7, 11) is 0. The van der Waals surface area contributed by atoms with Gasteiger partial charge in [0.15, 0.2) is 0 Å². The van der Waals surface area contributed by atoms with Crippen molar-refractivity contribution in [2.45, 2.75) is 5.38 Å². The van der Waals surface area contributed by atoms with Crippen LogP contribution in [0.2, 0.25) is 0 Å². The fourth-order valence-electron chi connectivity index (χ4n) is 1.58. The van der Waals surface area contributed by atoms with Gasteiger partial charge in [-0.25, -0.2) is 13.2 Å². The van der Waals surface area contributed by atoms with Crippen LogP contribution in [-0.2, 0) is 0 Å². The van der Waals surface area contributed by atoms with Crippen LogP contribution in [-0.4, -0.2) is 0 Å². The summed E-state index contributed by atoms with van der Waals surface area (Å²) in [6.07, 6.45) is 0. The zero-order valence-electron chi connectivity index (χ0n) is 9.23. The Balaban J connectivity index is 2.46. The fourth-order valence-corrected chi connectivity index (χ4v) is 2.45. The van der Waals surface area contributed by atoms with Gasteiger partial charge in [0, 0.05) is 5.56 Å². The van der Waals surface area contributed by atoms with Crippen LogP contribution in [0.5, 0.6) is 0 Å². The number of halogens is 6. The maximum atomic E-state index is 13.8. The van der Waals surface area contributed by atoms with Gasteiger partial charge >= 0.3 is 0 Å². The first-order valence-corrected chi connectivity index (χ1v) is 7.16. The van der Waals surface area contributed by atoms with Crippen LogP contribution in [0.1, 0.15) is 16.5 Å². The molecule has 2 rings (SSSR count). The third kappa shape index (κ3) is 3.15. The molecule has 0 saturated carbocycles. The summed E-state index contributed by atoms with van der Waals surface area (Å²) in [4.78, 5) is 0. The summed E-state index contributed by atoms with van der Waals surface area (Å²) in [6.45, 7) is 0. The van der Waals surface area contributed by atoms with Crippen molar-refractivity contribution in [3.63, 3.8) is 0 Å². The number of alkyl halides is 1. The first kappa shape index (κ1) is 14.9. The van der Waals surface area contributed by atoms with Crippen LogP contribution >= 0.6 is 43.5 Å². The lowest BCUT2D eigenvalue weighted by molar-refractivity contribution is 0.581. The van der Waals surface area contributed by atoms with Crippen molar-refractivity contribution in [3.05, 3.63) is 67.9 Å². The second kappa shape index (κ2) is 5.85. The van der Waals surface area contributed by atoms with Gasteiger partial charge in [0.1, 0.15) is 17.5 Å². The third-order valence-electron chi connectivity index (χ3n) is 2.55. The van der Waals surface area contributed by atoms with Crippen LogP contribution < -0.4 is 0 Å². The molecule has 2 aromatic carbocycles. The van der Waals surface area contributed by atoms with E-state index in [1.165, 1.54) is 12.1 Å². The van der Waals surface area contributed by atoms with E-state index >= 15 is 0 Å². The molecule has 19 heavy (non-hydrogen) atoms. The zero-order chi connectivity index (χ0) is 14.2. The van der Waals surface area contributed by atoms with Gasteiger partial charge in [-0.2, -0.15) is 0 Å². The smallest absolute Gasteiger partial charge is 0.137 e. The highest BCUT2D eigenvalue weighted by atomic mass is 79.9. The number of hydrogen-bond donors (Lipinski definition) is 0. The summed E-state index contributed by atoms with van der Waals surface area (Å²) in [5, 5.41) is -0.967.